The molecule has 118 valence electrons. The minimum atomic E-state index is -0.457. The number of unbranched alkanes of at least 4 members (excludes halogenated alkanes) is 1. The third kappa shape index (κ3) is 6.54. The number of ether oxygens (including phenoxy) is 2. The molecule has 1 saturated heterocycles. The summed E-state index contributed by atoms with van der Waals surface area (Å²) in [6.45, 7) is 8.88. The van der Waals surface area contributed by atoms with Gasteiger partial charge in [-0.3, -0.25) is 4.90 Å². The first-order valence-corrected chi connectivity index (χ1v) is 7.57. The predicted octanol–water partition coefficient (Wildman–Crippen LogP) is 0.938. The van der Waals surface area contributed by atoms with Crippen molar-refractivity contribution in [3.05, 3.63) is 0 Å². The van der Waals surface area contributed by atoms with Crippen molar-refractivity contribution >= 4 is 6.09 Å². The number of β-amino-alcohol motifs (C(OH)–C–C–N with tert-alkyl or cyclic N) is 1. The molecular weight excluding hydrogens is 260 g/mol. The second-order valence-corrected chi connectivity index (χ2v) is 5.07. The van der Waals surface area contributed by atoms with Gasteiger partial charge < -0.3 is 19.5 Å². The summed E-state index contributed by atoms with van der Waals surface area (Å²) < 4.78 is 10.4. The number of rotatable bonds is 8. The van der Waals surface area contributed by atoms with E-state index < -0.39 is 6.10 Å². The Bertz CT molecular complexity index is 268. The Morgan fingerprint density at radius 1 is 1.25 bits per heavy atom. The van der Waals surface area contributed by atoms with Gasteiger partial charge in [-0.05, 0) is 13.3 Å². The summed E-state index contributed by atoms with van der Waals surface area (Å²) in [5.41, 5.74) is 0. The molecule has 0 aromatic heterocycles. The maximum absolute atomic E-state index is 11.5. The van der Waals surface area contributed by atoms with E-state index in [0.29, 0.717) is 39.5 Å². The van der Waals surface area contributed by atoms with Crippen molar-refractivity contribution in [2.45, 2.75) is 32.8 Å². The van der Waals surface area contributed by atoms with Gasteiger partial charge in [0.05, 0.1) is 19.3 Å². The van der Waals surface area contributed by atoms with E-state index >= 15 is 0 Å². The SMILES string of the molecule is CCCCOC[C@H](O)CN1CCN(C(=O)OCC)CC1. The van der Waals surface area contributed by atoms with Crippen LogP contribution in [0.3, 0.4) is 0 Å². The number of piperazine rings is 1. The van der Waals surface area contributed by atoms with Crippen molar-refractivity contribution in [3.8, 4) is 0 Å². The quantitative estimate of drug-likeness (QED) is 0.674. The molecule has 1 aliphatic heterocycles. The Morgan fingerprint density at radius 2 is 1.95 bits per heavy atom. The lowest BCUT2D eigenvalue weighted by atomic mass is 10.2. The average Bonchev–Trinajstić information content (AvgIpc) is 2.45. The van der Waals surface area contributed by atoms with Gasteiger partial charge in [-0.2, -0.15) is 0 Å². The van der Waals surface area contributed by atoms with E-state index in [-0.39, 0.29) is 6.09 Å². The van der Waals surface area contributed by atoms with Gasteiger partial charge in [0.15, 0.2) is 0 Å². The van der Waals surface area contributed by atoms with Crippen molar-refractivity contribution in [3.63, 3.8) is 0 Å². The van der Waals surface area contributed by atoms with Crippen LogP contribution in [0.4, 0.5) is 4.79 Å². The van der Waals surface area contributed by atoms with Crippen LogP contribution >= 0.6 is 0 Å². The Labute approximate surface area is 121 Å². The largest absolute Gasteiger partial charge is 0.450 e. The maximum atomic E-state index is 11.5. The van der Waals surface area contributed by atoms with E-state index in [4.69, 9.17) is 9.47 Å². The van der Waals surface area contributed by atoms with Gasteiger partial charge in [-0.15, -0.1) is 0 Å². The topological polar surface area (TPSA) is 62.2 Å². The van der Waals surface area contributed by atoms with Crippen LogP contribution in [0.25, 0.3) is 0 Å². The number of aliphatic hydroxyl groups is 1. The normalized spacial score (nSPS) is 18.1. The van der Waals surface area contributed by atoms with Gasteiger partial charge in [0.2, 0.25) is 0 Å². The molecule has 0 aliphatic carbocycles. The lowest BCUT2D eigenvalue weighted by molar-refractivity contribution is 0.00605. The predicted molar refractivity (Wildman–Crippen MR) is 76.8 cm³/mol. The smallest absolute Gasteiger partial charge is 0.409 e. The molecule has 0 bridgehead atoms. The third-order valence-electron chi connectivity index (χ3n) is 3.32. The molecule has 1 N–H and O–H groups in total. The van der Waals surface area contributed by atoms with Crippen LogP contribution in [0.5, 0.6) is 0 Å². The highest BCUT2D eigenvalue weighted by Gasteiger charge is 2.23. The van der Waals surface area contributed by atoms with Crippen molar-refractivity contribution in [2.75, 3.05) is 52.5 Å². The van der Waals surface area contributed by atoms with Gasteiger partial charge in [0, 0.05) is 39.3 Å². The third-order valence-corrected chi connectivity index (χ3v) is 3.32. The summed E-state index contributed by atoms with van der Waals surface area (Å²) in [6.07, 6.45) is 1.44. The molecule has 6 nitrogen and oxygen atoms in total. The molecule has 0 radical (unpaired) electrons. The van der Waals surface area contributed by atoms with E-state index in [0.717, 1.165) is 25.9 Å². The second kappa shape index (κ2) is 9.96. The lowest BCUT2D eigenvalue weighted by Gasteiger charge is -2.34. The highest BCUT2D eigenvalue weighted by molar-refractivity contribution is 5.67. The molecule has 0 unspecified atom stereocenters. The van der Waals surface area contributed by atoms with Crippen molar-refractivity contribution in [1.29, 1.82) is 0 Å². The average molecular weight is 288 g/mol. The molecule has 1 atom stereocenters. The summed E-state index contributed by atoms with van der Waals surface area (Å²) >= 11 is 0. The standard InChI is InChI=1S/C14H28N2O4/c1-3-5-10-19-12-13(17)11-15-6-8-16(9-7-15)14(18)20-4-2/h13,17H,3-12H2,1-2H3/t13-/m1/s1. The molecule has 0 aromatic rings. The number of hydrogen-bond donors (Lipinski definition) is 1. The molecule has 1 fully saturated rings. The van der Waals surface area contributed by atoms with E-state index in [2.05, 4.69) is 11.8 Å². The van der Waals surface area contributed by atoms with Gasteiger partial charge in [0.1, 0.15) is 0 Å². The molecule has 0 aromatic carbocycles. The summed E-state index contributed by atoms with van der Waals surface area (Å²) in [7, 11) is 0. The first-order valence-electron chi connectivity index (χ1n) is 7.57. The maximum Gasteiger partial charge on any atom is 0.409 e. The number of carbonyl (C=O) groups excluding carboxylic acids is 1. The fourth-order valence-corrected chi connectivity index (χ4v) is 2.14. The van der Waals surface area contributed by atoms with Gasteiger partial charge in [-0.25, -0.2) is 4.79 Å². The van der Waals surface area contributed by atoms with Crippen molar-refractivity contribution in [1.82, 2.24) is 9.80 Å². The Hall–Kier alpha value is -0.850. The highest BCUT2D eigenvalue weighted by atomic mass is 16.6. The molecule has 0 spiro atoms. The molecule has 1 heterocycles. The van der Waals surface area contributed by atoms with Crippen LogP contribution in [0, 0.1) is 0 Å². The highest BCUT2D eigenvalue weighted by Crippen LogP contribution is 2.05. The van der Waals surface area contributed by atoms with E-state index in [1.807, 2.05) is 6.92 Å². The van der Waals surface area contributed by atoms with Crippen LogP contribution in [0.1, 0.15) is 26.7 Å². The van der Waals surface area contributed by atoms with Crippen molar-refractivity contribution < 1.29 is 19.4 Å². The van der Waals surface area contributed by atoms with Gasteiger partial charge >= 0.3 is 6.09 Å². The minimum absolute atomic E-state index is 0.240. The molecular formula is C14H28N2O4. The zero-order valence-corrected chi connectivity index (χ0v) is 12.7. The molecule has 1 amide bonds. The summed E-state index contributed by atoms with van der Waals surface area (Å²) in [5.74, 6) is 0. The van der Waals surface area contributed by atoms with Gasteiger partial charge in [0.25, 0.3) is 0 Å². The van der Waals surface area contributed by atoms with Crippen LogP contribution in [-0.4, -0.2) is 79.6 Å². The second-order valence-electron chi connectivity index (χ2n) is 5.07. The number of hydrogen-bond acceptors (Lipinski definition) is 5. The zero-order valence-electron chi connectivity index (χ0n) is 12.7. The Balaban J connectivity index is 2.13. The van der Waals surface area contributed by atoms with Crippen molar-refractivity contribution in [2.24, 2.45) is 0 Å². The van der Waals surface area contributed by atoms with Crippen LogP contribution in [-0.2, 0) is 9.47 Å². The fourth-order valence-electron chi connectivity index (χ4n) is 2.14. The number of aliphatic hydroxyl groups excluding tert-OH is 1. The Kier molecular flexibility index (Phi) is 8.57. The summed E-state index contributed by atoms with van der Waals surface area (Å²) in [5, 5.41) is 9.89. The molecule has 1 aliphatic rings. The van der Waals surface area contributed by atoms with Crippen LogP contribution in [0.2, 0.25) is 0 Å². The van der Waals surface area contributed by atoms with E-state index in [1.165, 1.54) is 0 Å². The number of amides is 1. The van der Waals surface area contributed by atoms with Crippen LogP contribution in [0.15, 0.2) is 0 Å². The number of carbonyl (C=O) groups is 1. The monoisotopic (exact) mass is 288 g/mol. The van der Waals surface area contributed by atoms with Crippen LogP contribution < -0.4 is 0 Å². The Morgan fingerprint density at radius 3 is 2.55 bits per heavy atom. The molecule has 6 heteroatoms. The summed E-state index contributed by atoms with van der Waals surface area (Å²) in [6, 6.07) is 0. The molecule has 0 saturated carbocycles. The van der Waals surface area contributed by atoms with Gasteiger partial charge in [-0.1, -0.05) is 13.3 Å². The lowest BCUT2D eigenvalue weighted by Crippen LogP contribution is -2.51. The fraction of sp³-hybridized carbons (Fsp3) is 0.929. The van der Waals surface area contributed by atoms with E-state index in [1.54, 1.807) is 4.90 Å². The molecule has 20 heavy (non-hydrogen) atoms. The molecule has 1 rings (SSSR count). The van der Waals surface area contributed by atoms with E-state index in [9.17, 15) is 9.90 Å². The first-order chi connectivity index (χ1) is 9.67. The summed E-state index contributed by atoms with van der Waals surface area (Å²) in [4.78, 5) is 15.4. The zero-order chi connectivity index (χ0) is 14.8. The number of nitrogens with zero attached hydrogens (tertiary/aromatic N) is 2. The first kappa shape index (κ1) is 17.2. The minimum Gasteiger partial charge on any atom is -0.450 e.